The number of hydrogen-bond donors (Lipinski definition) is 2. The van der Waals surface area contributed by atoms with Crippen LogP contribution in [0.3, 0.4) is 0 Å². The van der Waals surface area contributed by atoms with E-state index in [0.717, 1.165) is 13.1 Å². The van der Waals surface area contributed by atoms with E-state index in [4.69, 9.17) is 11.6 Å². The molecule has 1 aromatic heterocycles. The molecule has 0 aromatic carbocycles. The van der Waals surface area contributed by atoms with Crippen molar-refractivity contribution in [3.8, 4) is 0 Å². The molecule has 0 amide bonds. The molecule has 0 aliphatic carbocycles. The maximum atomic E-state index is 11.3. The number of anilines is 1. The van der Waals surface area contributed by atoms with Gasteiger partial charge in [0.2, 0.25) is 0 Å². The van der Waals surface area contributed by atoms with E-state index < -0.39 is 0 Å². The molecule has 100 valence electrons. The van der Waals surface area contributed by atoms with Gasteiger partial charge in [-0.05, 0) is 31.8 Å². The van der Waals surface area contributed by atoms with E-state index in [9.17, 15) is 4.79 Å². The topological polar surface area (TPSA) is 61.0 Å². The molecule has 1 saturated heterocycles. The van der Waals surface area contributed by atoms with E-state index in [0.29, 0.717) is 11.7 Å². The van der Waals surface area contributed by atoms with E-state index in [1.54, 1.807) is 0 Å². The first-order valence-electron chi connectivity index (χ1n) is 6.36. The minimum absolute atomic E-state index is 0.130. The fourth-order valence-electron chi connectivity index (χ4n) is 2.25. The van der Waals surface area contributed by atoms with Crippen molar-refractivity contribution in [1.29, 1.82) is 0 Å². The van der Waals surface area contributed by atoms with Crippen molar-refractivity contribution in [3.63, 3.8) is 0 Å². The number of halogens is 1. The van der Waals surface area contributed by atoms with Crippen molar-refractivity contribution in [1.82, 2.24) is 14.9 Å². The van der Waals surface area contributed by atoms with Crippen molar-refractivity contribution in [2.75, 3.05) is 31.5 Å². The third-order valence-electron chi connectivity index (χ3n) is 3.18. The zero-order chi connectivity index (χ0) is 13.0. The molecule has 0 radical (unpaired) electrons. The van der Waals surface area contributed by atoms with Gasteiger partial charge in [0.25, 0.3) is 5.56 Å². The molecule has 0 saturated carbocycles. The van der Waals surface area contributed by atoms with E-state index >= 15 is 0 Å². The Morgan fingerprint density at radius 2 is 2.28 bits per heavy atom. The molecular formula is C12H19ClN4O. The summed E-state index contributed by atoms with van der Waals surface area (Å²) < 4.78 is 0. The van der Waals surface area contributed by atoms with E-state index in [-0.39, 0.29) is 10.6 Å². The molecule has 0 spiro atoms. The van der Waals surface area contributed by atoms with Gasteiger partial charge in [-0.25, -0.2) is 4.98 Å². The highest BCUT2D eigenvalue weighted by atomic mass is 35.5. The Labute approximate surface area is 112 Å². The Hall–Kier alpha value is -1.07. The first kappa shape index (κ1) is 13.4. The highest BCUT2D eigenvalue weighted by Gasteiger charge is 2.15. The van der Waals surface area contributed by atoms with Gasteiger partial charge in [-0.1, -0.05) is 18.5 Å². The van der Waals surface area contributed by atoms with Crippen LogP contribution in [0.25, 0.3) is 0 Å². The quantitative estimate of drug-likeness (QED) is 0.853. The molecule has 1 fully saturated rings. The number of rotatable bonds is 5. The first-order chi connectivity index (χ1) is 8.66. The lowest BCUT2D eigenvalue weighted by Crippen LogP contribution is -2.29. The maximum absolute atomic E-state index is 11.3. The third-order valence-corrected chi connectivity index (χ3v) is 3.53. The molecule has 6 heteroatoms. The molecule has 1 atom stereocenters. The van der Waals surface area contributed by atoms with Gasteiger partial charge in [0.05, 0.1) is 6.33 Å². The van der Waals surface area contributed by atoms with Crippen LogP contribution in [-0.2, 0) is 0 Å². The standard InChI is InChI=1S/C12H19ClN4O/c1-9(7-17-4-2-3-5-17)6-14-11-10(13)12(18)16-8-15-11/h8-9H,2-7H2,1H3,(H2,14,15,16,18). The van der Waals surface area contributed by atoms with Crippen molar-refractivity contribution in [2.24, 2.45) is 5.92 Å². The van der Waals surface area contributed by atoms with Crippen molar-refractivity contribution in [3.05, 3.63) is 21.7 Å². The number of aromatic amines is 1. The van der Waals surface area contributed by atoms with E-state index in [1.165, 1.54) is 32.3 Å². The number of H-pyrrole nitrogens is 1. The molecule has 0 bridgehead atoms. The number of aromatic nitrogens is 2. The molecular weight excluding hydrogens is 252 g/mol. The van der Waals surface area contributed by atoms with Gasteiger partial charge < -0.3 is 15.2 Å². The van der Waals surface area contributed by atoms with Gasteiger partial charge in [-0.15, -0.1) is 0 Å². The Balaban J connectivity index is 1.83. The van der Waals surface area contributed by atoms with Gasteiger partial charge in [-0.2, -0.15) is 0 Å². The lowest BCUT2D eigenvalue weighted by Gasteiger charge is -2.20. The summed E-state index contributed by atoms with van der Waals surface area (Å²) in [7, 11) is 0. The zero-order valence-corrected chi connectivity index (χ0v) is 11.3. The fourth-order valence-corrected chi connectivity index (χ4v) is 2.42. The summed E-state index contributed by atoms with van der Waals surface area (Å²) in [5.41, 5.74) is -0.304. The summed E-state index contributed by atoms with van der Waals surface area (Å²) in [6.45, 7) is 6.44. The molecule has 2 N–H and O–H groups in total. The summed E-state index contributed by atoms with van der Waals surface area (Å²) in [5, 5.41) is 3.27. The Morgan fingerprint density at radius 3 is 3.00 bits per heavy atom. The van der Waals surface area contributed by atoms with Crippen LogP contribution in [0, 0.1) is 5.92 Å². The summed E-state index contributed by atoms with van der Waals surface area (Å²) in [6.07, 6.45) is 3.98. The lowest BCUT2D eigenvalue weighted by atomic mass is 10.1. The normalized spacial score (nSPS) is 17.9. The van der Waals surface area contributed by atoms with E-state index in [2.05, 4.69) is 27.1 Å². The summed E-state index contributed by atoms with van der Waals surface area (Å²) in [6, 6.07) is 0. The lowest BCUT2D eigenvalue weighted by molar-refractivity contribution is 0.294. The van der Waals surface area contributed by atoms with Crippen LogP contribution >= 0.6 is 11.6 Å². The van der Waals surface area contributed by atoms with Crippen LogP contribution < -0.4 is 10.9 Å². The van der Waals surface area contributed by atoms with Crippen LogP contribution in [0.15, 0.2) is 11.1 Å². The molecule has 1 aliphatic rings. The largest absolute Gasteiger partial charge is 0.368 e. The molecule has 18 heavy (non-hydrogen) atoms. The smallest absolute Gasteiger partial charge is 0.271 e. The van der Waals surface area contributed by atoms with Gasteiger partial charge in [0.15, 0.2) is 5.82 Å². The second kappa shape index (κ2) is 6.20. The monoisotopic (exact) mass is 270 g/mol. The zero-order valence-electron chi connectivity index (χ0n) is 10.6. The summed E-state index contributed by atoms with van der Waals surface area (Å²) in [4.78, 5) is 20.2. The highest BCUT2D eigenvalue weighted by Crippen LogP contribution is 2.14. The van der Waals surface area contributed by atoms with Gasteiger partial charge in [0, 0.05) is 13.1 Å². The maximum Gasteiger partial charge on any atom is 0.271 e. The van der Waals surface area contributed by atoms with Crippen LogP contribution in [0.5, 0.6) is 0 Å². The molecule has 1 unspecified atom stereocenters. The van der Waals surface area contributed by atoms with Crippen molar-refractivity contribution < 1.29 is 0 Å². The van der Waals surface area contributed by atoms with Crippen LogP contribution in [-0.4, -0.2) is 41.0 Å². The minimum Gasteiger partial charge on any atom is -0.368 e. The second-order valence-electron chi connectivity index (χ2n) is 4.89. The average molecular weight is 271 g/mol. The van der Waals surface area contributed by atoms with Gasteiger partial charge >= 0.3 is 0 Å². The van der Waals surface area contributed by atoms with E-state index in [1.807, 2.05) is 0 Å². The molecule has 1 aromatic rings. The number of nitrogens with zero attached hydrogens (tertiary/aromatic N) is 2. The van der Waals surface area contributed by atoms with Gasteiger partial charge in [-0.3, -0.25) is 4.79 Å². The Kier molecular flexibility index (Phi) is 4.60. The van der Waals surface area contributed by atoms with Gasteiger partial charge in [0.1, 0.15) is 5.02 Å². The first-order valence-corrected chi connectivity index (χ1v) is 6.74. The molecule has 2 heterocycles. The molecule has 1 aliphatic heterocycles. The molecule has 5 nitrogen and oxygen atoms in total. The number of likely N-dealkylation sites (tertiary alicyclic amines) is 1. The predicted molar refractivity (Wildman–Crippen MR) is 73.2 cm³/mol. The minimum atomic E-state index is -0.304. The highest BCUT2D eigenvalue weighted by molar-refractivity contribution is 6.32. The number of hydrogen-bond acceptors (Lipinski definition) is 4. The van der Waals surface area contributed by atoms with Crippen molar-refractivity contribution in [2.45, 2.75) is 19.8 Å². The number of nitrogens with one attached hydrogen (secondary N) is 2. The Morgan fingerprint density at radius 1 is 1.56 bits per heavy atom. The summed E-state index contributed by atoms with van der Waals surface area (Å²) in [5.74, 6) is 0.967. The second-order valence-corrected chi connectivity index (χ2v) is 5.27. The van der Waals surface area contributed by atoms with Crippen LogP contribution in [0.2, 0.25) is 5.02 Å². The van der Waals surface area contributed by atoms with Crippen molar-refractivity contribution >= 4 is 17.4 Å². The third kappa shape index (κ3) is 3.46. The SMILES string of the molecule is CC(CNc1nc[nH]c(=O)c1Cl)CN1CCCC1. The summed E-state index contributed by atoms with van der Waals surface area (Å²) >= 11 is 5.87. The average Bonchev–Trinajstić information content (AvgIpc) is 2.84. The van der Waals surface area contributed by atoms with Crippen LogP contribution in [0.4, 0.5) is 5.82 Å². The predicted octanol–water partition coefficient (Wildman–Crippen LogP) is 1.57. The molecule has 2 rings (SSSR count). The Bertz CT molecular complexity index is 442. The fraction of sp³-hybridized carbons (Fsp3) is 0.667. The van der Waals surface area contributed by atoms with Crippen LogP contribution in [0.1, 0.15) is 19.8 Å².